The molecule has 2 fully saturated rings. The number of unbranched alkanes of at least 4 members (excludes halogenated alkanes) is 1. The van der Waals surface area contributed by atoms with Crippen molar-refractivity contribution in [1.29, 1.82) is 0 Å². The smallest absolute Gasteiger partial charge is 0.267 e. The number of fused-ring (bicyclic) bond motifs is 1. The summed E-state index contributed by atoms with van der Waals surface area (Å²) in [6.45, 7) is 2.79. The number of nitrogens with zero attached hydrogens (tertiary/aromatic N) is 3. The molecule has 3 aliphatic rings. The SMILES string of the molecule is CCCCN1C(=O)/C(=C2/SC(=Nc3ccccc3)N(C3CCCCC3)C2=O)c2ccccc21. The predicted octanol–water partition coefficient (Wildman–Crippen LogP) is 6.14. The third-order valence-corrected chi connectivity index (χ3v) is 7.67. The predicted molar refractivity (Wildman–Crippen MR) is 135 cm³/mol. The van der Waals surface area contributed by atoms with Crippen LogP contribution in [0.15, 0.2) is 64.5 Å². The van der Waals surface area contributed by atoms with Crippen LogP contribution in [-0.2, 0) is 9.59 Å². The van der Waals surface area contributed by atoms with Crippen molar-refractivity contribution in [2.45, 2.75) is 57.9 Å². The van der Waals surface area contributed by atoms with Crippen molar-refractivity contribution < 1.29 is 9.59 Å². The average molecular weight is 460 g/mol. The third kappa shape index (κ3) is 4.12. The number of benzene rings is 2. The number of amides is 2. The summed E-state index contributed by atoms with van der Waals surface area (Å²) >= 11 is 1.36. The Bertz CT molecular complexity index is 1120. The van der Waals surface area contributed by atoms with Crippen molar-refractivity contribution in [3.05, 3.63) is 65.1 Å². The minimum absolute atomic E-state index is 0.0648. The van der Waals surface area contributed by atoms with E-state index >= 15 is 0 Å². The second-order valence-electron chi connectivity index (χ2n) is 8.83. The first-order valence-electron chi connectivity index (χ1n) is 12.0. The van der Waals surface area contributed by atoms with Gasteiger partial charge in [-0.05, 0) is 49.2 Å². The summed E-state index contributed by atoms with van der Waals surface area (Å²) in [5, 5.41) is 0.692. The zero-order chi connectivity index (χ0) is 22.8. The van der Waals surface area contributed by atoms with Gasteiger partial charge in [-0.3, -0.25) is 14.5 Å². The molecule has 2 aromatic carbocycles. The molecule has 2 aliphatic heterocycles. The van der Waals surface area contributed by atoms with E-state index < -0.39 is 0 Å². The number of para-hydroxylation sites is 2. The fourth-order valence-corrected chi connectivity index (χ4v) is 6.08. The van der Waals surface area contributed by atoms with Crippen LogP contribution in [0.2, 0.25) is 0 Å². The standard InChI is InChI=1S/C27H29N3O2S/c1-2-3-18-29-22-17-11-10-16-21(22)23(25(29)31)24-26(32)30(20-14-8-5-9-15-20)27(33-24)28-19-12-6-4-7-13-19/h4,6-7,10-13,16-17,20H,2-3,5,8-9,14-15,18H2,1H3/b24-23+,28-27?. The third-order valence-electron chi connectivity index (χ3n) is 6.62. The van der Waals surface area contributed by atoms with Crippen LogP contribution in [0.4, 0.5) is 11.4 Å². The van der Waals surface area contributed by atoms with Gasteiger partial charge in [0.05, 0.1) is 21.9 Å². The van der Waals surface area contributed by atoms with Gasteiger partial charge in [0, 0.05) is 18.2 Å². The van der Waals surface area contributed by atoms with Crippen molar-refractivity contribution in [1.82, 2.24) is 4.90 Å². The van der Waals surface area contributed by atoms with Gasteiger partial charge in [0.15, 0.2) is 5.17 Å². The van der Waals surface area contributed by atoms with E-state index in [9.17, 15) is 9.59 Å². The molecular weight excluding hydrogens is 430 g/mol. The Morgan fingerprint density at radius 1 is 0.939 bits per heavy atom. The topological polar surface area (TPSA) is 53.0 Å². The Morgan fingerprint density at radius 2 is 1.67 bits per heavy atom. The Morgan fingerprint density at radius 3 is 2.42 bits per heavy atom. The number of hydrogen-bond acceptors (Lipinski definition) is 4. The molecule has 0 atom stereocenters. The summed E-state index contributed by atoms with van der Waals surface area (Å²) in [6.07, 6.45) is 7.36. The molecule has 2 amide bonds. The van der Waals surface area contributed by atoms with Gasteiger partial charge in [0.2, 0.25) is 0 Å². The van der Waals surface area contributed by atoms with Crippen LogP contribution in [-0.4, -0.2) is 34.5 Å². The van der Waals surface area contributed by atoms with Gasteiger partial charge in [-0.15, -0.1) is 0 Å². The molecule has 1 saturated heterocycles. The molecule has 2 heterocycles. The lowest BCUT2D eigenvalue weighted by Crippen LogP contribution is -2.40. The maximum absolute atomic E-state index is 13.9. The average Bonchev–Trinajstić information content (AvgIpc) is 3.31. The number of amidine groups is 1. The number of rotatable bonds is 5. The van der Waals surface area contributed by atoms with E-state index in [2.05, 4.69) is 6.92 Å². The molecule has 2 aromatic rings. The molecule has 0 unspecified atom stereocenters. The van der Waals surface area contributed by atoms with Crippen molar-refractivity contribution >= 4 is 45.7 Å². The monoisotopic (exact) mass is 459 g/mol. The molecule has 5 rings (SSSR count). The maximum atomic E-state index is 13.9. The van der Waals surface area contributed by atoms with Gasteiger partial charge < -0.3 is 4.90 Å². The molecular formula is C27H29N3O2S. The number of carbonyl (C=O) groups excluding carboxylic acids is 2. The number of carbonyl (C=O) groups is 2. The highest BCUT2D eigenvalue weighted by molar-refractivity contribution is 8.18. The molecule has 0 N–H and O–H groups in total. The first-order chi connectivity index (χ1) is 16.2. The Kier molecular flexibility index (Phi) is 6.36. The number of hydrogen-bond donors (Lipinski definition) is 0. The van der Waals surface area contributed by atoms with E-state index in [1.165, 1.54) is 18.2 Å². The van der Waals surface area contributed by atoms with Crippen LogP contribution in [0.5, 0.6) is 0 Å². The summed E-state index contributed by atoms with van der Waals surface area (Å²) in [5.41, 5.74) is 3.13. The van der Waals surface area contributed by atoms with Crippen LogP contribution in [0.1, 0.15) is 57.4 Å². The number of thioether (sulfide) groups is 1. The molecule has 0 spiro atoms. The summed E-state index contributed by atoms with van der Waals surface area (Å²) < 4.78 is 0. The van der Waals surface area contributed by atoms with Crippen LogP contribution < -0.4 is 4.90 Å². The lowest BCUT2D eigenvalue weighted by molar-refractivity contribution is -0.124. The highest BCUT2D eigenvalue weighted by Gasteiger charge is 2.44. The Balaban J connectivity index is 1.60. The van der Waals surface area contributed by atoms with E-state index in [4.69, 9.17) is 4.99 Å². The Labute approximate surface area is 199 Å². The second-order valence-corrected chi connectivity index (χ2v) is 9.81. The summed E-state index contributed by atoms with van der Waals surface area (Å²) in [4.78, 5) is 36.6. The van der Waals surface area contributed by atoms with Gasteiger partial charge in [-0.2, -0.15) is 0 Å². The van der Waals surface area contributed by atoms with Crippen molar-refractivity contribution in [3.63, 3.8) is 0 Å². The number of anilines is 1. The van der Waals surface area contributed by atoms with E-state index in [0.717, 1.165) is 55.5 Å². The molecule has 0 radical (unpaired) electrons. The minimum Gasteiger partial charge on any atom is -0.308 e. The van der Waals surface area contributed by atoms with Gasteiger partial charge in [-0.1, -0.05) is 69.0 Å². The summed E-state index contributed by atoms with van der Waals surface area (Å²) in [7, 11) is 0. The Hall–Kier alpha value is -2.86. The fourth-order valence-electron chi connectivity index (χ4n) is 4.93. The lowest BCUT2D eigenvalue weighted by atomic mass is 9.94. The van der Waals surface area contributed by atoms with Crippen molar-refractivity contribution in [2.75, 3.05) is 11.4 Å². The van der Waals surface area contributed by atoms with E-state index in [1.54, 1.807) is 0 Å². The highest BCUT2D eigenvalue weighted by Crippen LogP contribution is 2.46. The van der Waals surface area contributed by atoms with Crippen LogP contribution in [0, 0.1) is 0 Å². The molecule has 5 nitrogen and oxygen atoms in total. The van der Waals surface area contributed by atoms with Crippen LogP contribution in [0.25, 0.3) is 5.57 Å². The van der Waals surface area contributed by atoms with Crippen LogP contribution in [0.3, 0.4) is 0 Å². The van der Waals surface area contributed by atoms with Crippen molar-refractivity contribution in [3.8, 4) is 0 Å². The molecule has 6 heteroatoms. The molecule has 1 aliphatic carbocycles. The van der Waals surface area contributed by atoms with Gasteiger partial charge in [0.1, 0.15) is 0 Å². The van der Waals surface area contributed by atoms with Crippen LogP contribution >= 0.6 is 11.8 Å². The first-order valence-corrected chi connectivity index (χ1v) is 12.8. The molecule has 1 saturated carbocycles. The maximum Gasteiger partial charge on any atom is 0.267 e. The quantitative estimate of drug-likeness (QED) is 0.505. The first kappa shape index (κ1) is 22.0. The van der Waals surface area contributed by atoms with Crippen molar-refractivity contribution in [2.24, 2.45) is 4.99 Å². The summed E-state index contributed by atoms with van der Waals surface area (Å²) in [6, 6.07) is 17.8. The van der Waals surface area contributed by atoms with Gasteiger partial charge in [-0.25, -0.2) is 4.99 Å². The largest absolute Gasteiger partial charge is 0.308 e. The fraction of sp³-hybridized carbons (Fsp3) is 0.370. The van der Waals surface area contributed by atoms with E-state index in [-0.39, 0.29) is 17.9 Å². The molecule has 0 aromatic heterocycles. The minimum atomic E-state index is -0.0722. The molecule has 0 bridgehead atoms. The summed E-state index contributed by atoms with van der Waals surface area (Å²) in [5.74, 6) is -0.137. The van der Waals surface area contributed by atoms with E-state index in [1.807, 2.05) is 64.4 Å². The van der Waals surface area contributed by atoms with E-state index in [0.29, 0.717) is 22.2 Å². The normalized spacial score (nSPS) is 22.5. The molecule has 33 heavy (non-hydrogen) atoms. The zero-order valence-corrected chi connectivity index (χ0v) is 19.8. The highest BCUT2D eigenvalue weighted by atomic mass is 32.2. The van der Waals surface area contributed by atoms with Gasteiger partial charge in [0.25, 0.3) is 11.8 Å². The zero-order valence-electron chi connectivity index (χ0n) is 19.0. The lowest BCUT2D eigenvalue weighted by Gasteiger charge is -2.30. The molecule has 170 valence electrons. The van der Waals surface area contributed by atoms with Gasteiger partial charge >= 0.3 is 0 Å². The number of aliphatic imine (C=N–C) groups is 1. The second kappa shape index (κ2) is 9.56.